The van der Waals surface area contributed by atoms with Crippen molar-refractivity contribution in [3.8, 4) is 0 Å². The summed E-state index contributed by atoms with van der Waals surface area (Å²) in [6.45, 7) is 2.43. The Kier molecular flexibility index (Phi) is 7.10. The SMILES string of the molecule is CCCS(=O)(=O)N1CCCCC1C(=O)NCCCC(=O)O. The van der Waals surface area contributed by atoms with Crippen molar-refractivity contribution in [2.24, 2.45) is 0 Å². The van der Waals surface area contributed by atoms with Crippen molar-refractivity contribution in [3.63, 3.8) is 0 Å². The number of carboxylic acid groups (broad SMARTS) is 1. The van der Waals surface area contributed by atoms with Gasteiger partial charge in [0, 0.05) is 19.5 Å². The lowest BCUT2D eigenvalue weighted by atomic mass is 10.0. The Bertz CT molecular complexity index is 463. The maximum Gasteiger partial charge on any atom is 0.303 e. The van der Waals surface area contributed by atoms with E-state index in [0.29, 0.717) is 25.8 Å². The maximum absolute atomic E-state index is 12.2. The largest absolute Gasteiger partial charge is 0.481 e. The molecule has 0 aromatic rings. The molecule has 1 unspecified atom stereocenters. The van der Waals surface area contributed by atoms with Gasteiger partial charge >= 0.3 is 5.97 Å². The molecule has 1 amide bonds. The van der Waals surface area contributed by atoms with Crippen LogP contribution in [0.15, 0.2) is 0 Å². The fourth-order valence-corrected chi connectivity index (χ4v) is 4.19. The molecule has 122 valence electrons. The summed E-state index contributed by atoms with van der Waals surface area (Å²) in [4.78, 5) is 22.5. The predicted molar refractivity (Wildman–Crippen MR) is 78.3 cm³/mol. The molecular weight excluding hydrogens is 296 g/mol. The van der Waals surface area contributed by atoms with Crippen LogP contribution in [-0.2, 0) is 19.6 Å². The number of carbonyl (C=O) groups is 2. The summed E-state index contributed by atoms with van der Waals surface area (Å²) in [7, 11) is -3.39. The Morgan fingerprint density at radius 2 is 2.05 bits per heavy atom. The van der Waals surface area contributed by atoms with Crippen LogP contribution in [0.1, 0.15) is 45.4 Å². The standard InChI is InChI=1S/C13H24N2O5S/c1-2-10-21(19,20)15-9-4-3-6-11(15)13(18)14-8-5-7-12(16)17/h11H,2-10H2,1H3,(H,14,18)(H,16,17). The number of piperidine rings is 1. The van der Waals surface area contributed by atoms with Crippen molar-refractivity contribution in [3.05, 3.63) is 0 Å². The van der Waals surface area contributed by atoms with Crippen LogP contribution in [-0.4, -0.2) is 54.6 Å². The Morgan fingerprint density at radius 3 is 2.67 bits per heavy atom. The van der Waals surface area contributed by atoms with Crippen LogP contribution >= 0.6 is 0 Å². The van der Waals surface area contributed by atoms with E-state index >= 15 is 0 Å². The maximum atomic E-state index is 12.2. The zero-order chi connectivity index (χ0) is 15.9. The lowest BCUT2D eigenvalue weighted by Gasteiger charge is -2.33. The number of nitrogens with zero attached hydrogens (tertiary/aromatic N) is 1. The van der Waals surface area contributed by atoms with Crippen LogP contribution < -0.4 is 5.32 Å². The third kappa shape index (κ3) is 5.62. The first kappa shape index (κ1) is 17.9. The van der Waals surface area contributed by atoms with Gasteiger partial charge in [-0.25, -0.2) is 8.42 Å². The van der Waals surface area contributed by atoms with Gasteiger partial charge in [-0.2, -0.15) is 4.31 Å². The minimum absolute atomic E-state index is 0.0111. The zero-order valence-electron chi connectivity index (χ0n) is 12.4. The fourth-order valence-electron chi connectivity index (χ4n) is 2.44. The molecule has 0 spiro atoms. The number of rotatable bonds is 8. The van der Waals surface area contributed by atoms with E-state index in [9.17, 15) is 18.0 Å². The van der Waals surface area contributed by atoms with Crippen LogP contribution in [0.2, 0.25) is 0 Å². The van der Waals surface area contributed by atoms with Gasteiger partial charge in [-0.05, 0) is 25.7 Å². The van der Waals surface area contributed by atoms with Gasteiger partial charge in [0.2, 0.25) is 15.9 Å². The van der Waals surface area contributed by atoms with Crippen molar-refractivity contribution < 1.29 is 23.1 Å². The molecule has 0 aromatic carbocycles. The van der Waals surface area contributed by atoms with Crippen LogP contribution in [0.25, 0.3) is 0 Å². The number of amides is 1. The first-order valence-corrected chi connectivity index (χ1v) is 8.98. The number of nitrogens with one attached hydrogen (secondary N) is 1. The van der Waals surface area contributed by atoms with E-state index in [2.05, 4.69) is 5.32 Å². The molecule has 21 heavy (non-hydrogen) atoms. The lowest BCUT2D eigenvalue weighted by Crippen LogP contribution is -2.52. The molecule has 0 aliphatic carbocycles. The third-order valence-corrected chi connectivity index (χ3v) is 5.52. The highest BCUT2D eigenvalue weighted by atomic mass is 32.2. The average Bonchev–Trinajstić information content (AvgIpc) is 2.43. The molecule has 1 saturated heterocycles. The normalized spacial score (nSPS) is 20.1. The minimum Gasteiger partial charge on any atom is -0.481 e. The highest BCUT2D eigenvalue weighted by Gasteiger charge is 2.35. The molecule has 1 heterocycles. The molecule has 7 nitrogen and oxygen atoms in total. The second-order valence-electron chi connectivity index (χ2n) is 5.23. The summed E-state index contributed by atoms with van der Waals surface area (Å²) in [5.41, 5.74) is 0. The lowest BCUT2D eigenvalue weighted by molar-refractivity contribution is -0.137. The molecule has 1 fully saturated rings. The molecular formula is C13H24N2O5S. The minimum atomic E-state index is -3.39. The summed E-state index contributed by atoms with van der Waals surface area (Å²) >= 11 is 0. The van der Waals surface area contributed by atoms with Gasteiger partial charge in [0.05, 0.1) is 5.75 Å². The molecule has 0 radical (unpaired) electrons. The second kappa shape index (κ2) is 8.33. The predicted octanol–water partition coefficient (Wildman–Crippen LogP) is 0.562. The number of carbonyl (C=O) groups excluding carboxylic acids is 1. The van der Waals surface area contributed by atoms with Crippen LogP contribution in [0.4, 0.5) is 0 Å². The average molecular weight is 320 g/mol. The number of hydrogen-bond acceptors (Lipinski definition) is 4. The number of carboxylic acids is 1. The first-order chi connectivity index (χ1) is 9.88. The van der Waals surface area contributed by atoms with Crippen molar-refractivity contribution in [1.29, 1.82) is 0 Å². The number of hydrogen-bond donors (Lipinski definition) is 2. The van der Waals surface area contributed by atoms with Crippen molar-refractivity contribution in [2.75, 3.05) is 18.8 Å². The quantitative estimate of drug-likeness (QED) is 0.636. The van der Waals surface area contributed by atoms with Crippen LogP contribution in [0.5, 0.6) is 0 Å². The summed E-state index contributed by atoms with van der Waals surface area (Å²) < 4.78 is 25.7. The first-order valence-electron chi connectivity index (χ1n) is 7.37. The number of aliphatic carboxylic acids is 1. The fraction of sp³-hybridized carbons (Fsp3) is 0.846. The second-order valence-corrected chi connectivity index (χ2v) is 7.27. The Labute approximate surface area is 125 Å². The van der Waals surface area contributed by atoms with Crippen molar-refractivity contribution in [1.82, 2.24) is 9.62 Å². The van der Waals surface area contributed by atoms with E-state index in [1.54, 1.807) is 6.92 Å². The highest BCUT2D eigenvalue weighted by Crippen LogP contribution is 2.21. The summed E-state index contributed by atoms with van der Waals surface area (Å²) in [5, 5.41) is 11.2. The molecule has 1 rings (SSSR count). The Hall–Kier alpha value is -1.15. The molecule has 1 aliphatic rings. The molecule has 0 saturated carbocycles. The topological polar surface area (TPSA) is 104 Å². The van der Waals surface area contributed by atoms with Gasteiger partial charge < -0.3 is 10.4 Å². The van der Waals surface area contributed by atoms with E-state index in [-0.39, 0.29) is 24.6 Å². The van der Waals surface area contributed by atoms with Crippen LogP contribution in [0.3, 0.4) is 0 Å². The van der Waals surface area contributed by atoms with E-state index in [0.717, 1.165) is 12.8 Å². The zero-order valence-corrected chi connectivity index (χ0v) is 13.2. The molecule has 0 aromatic heterocycles. The van der Waals surface area contributed by atoms with Gasteiger partial charge in [0.1, 0.15) is 6.04 Å². The van der Waals surface area contributed by atoms with E-state index < -0.39 is 22.0 Å². The molecule has 0 bridgehead atoms. The van der Waals surface area contributed by atoms with Gasteiger partial charge in [-0.15, -0.1) is 0 Å². The van der Waals surface area contributed by atoms with Gasteiger partial charge in [0.25, 0.3) is 0 Å². The molecule has 2 N–H and O–H groups in total. The van der Waals surface area contributed by atoms with Gasteiger partial charge in [-0.3, -0.25) is 9.59 Å². The smallest absolute Gasteiger partial charge is 0.303 e. The van der Waals surface area contributed by atoms with E-state index in [1.807, 2.05) is 0 Å². The third-order valence-electron chi connectivity index (χ3n) is 3.44. The molecule has 8 heteroatoms. The van der Waals surface area contributed by atoms with Crippen molar-refractivity contribution in [2.45, 2.75) is 51.5 Å². The summed E-state index contributed by atoms with van der Waals surface area (Å²) in [5.74, 6) is -1.18. The number of sulfonamides is 1. The van der Waals surface area contributed by atoms with Gasteiger partial charge in [0.15, 0.2) is 0 Å². The summed E-state index contributed by atoms with van der Waals surface area (Å²) in [6.07, 6.45) is 2.97. The van der Waals surface area contributed by atoms with Crippen molar-refractivity contribution >= 4 is 21.9 Å². The highest BCUT2D eigenvalue weighted by molar-refractivity contribution is 7.89. The van der Waals surface area contributed by atoms with E-state index in [1.165, 1.54) is 4.31 Å². The Morgan fingerprint density at radius 1 is 1.33 bits per heavy atom. The molecule has 1 atom stereocenters. The van der Waals surface area contributed by atoms with Crippen LogP contribution in [0, 0.1) is 0 Å². The Balaban J connectivity index is 2.60. The van der Waals surface area contributed by atoms with E-state index in [4.69, 9.17) is 5.11 Å². The molecule has 1 aliphatic heterocycles. The van der Waals surface area contributed by atoms with Gasteiger partial charge in [-0.1, -0.05) is 13.3 Å². The monoisotopic (exact) mass is 320 g/mol. The summed E-state index contributed by atoms with van der Waals surface area (Å²) in [6, 6.07) is -0.653.